The van der Waals surface area contributed by atoms with E-state index in [1.165, 1.54) is 122 Å². The fourth-order valence-electron chi connectivity index (χ4n) is 6.02. The molecule has 1 unspecified atom stereocenters. The molecule has 0 heterocycles. The highest BCUT2D eigenvalue weighted by Crippen LogP contribution is 2.14. The molecule has 0 amide bonds. The summed E-state index contributed by atoms with van der Waals surface area (Å²) in [6, 6.07) is 0. The van der Waals surface area contributed by atoms with E-state index >= 15 is 0 Å². The SMILES string of the molecule is CCCCCC/C=C\CCCCCCCC(=O)OCC(COC(=O)CCCCCCCC)OC(=O)CCCCCCCCCCCCCC. The number of allylic oxidation sites excluding steroid dienone is 2. The molecule has 1 atom stereocenters. The zero-order valence-corrected chi connectivity index (χ0v) is 32.7. The first kappa shape index (κ1) is 47.1. The van der Waals surface area contributed by atoms with E-state index in [1.807, 2.05) is 0 Å². The lowest BCUT2D eigenvalue weighted by molar-refractivity contribution is -0.167. The van der Waals surface area contributed by atoms with E-state index in [4.69, 9.17) is 14.2 Å². The minimum atomic E-state index is -0.762. The summed E-state index contributed by atoms with van der Waals surface area (Å²) in [5.41, 5.74) is 0. The number of ether oxygens (including phenoxy) is 3. The molecule has 0 aliphatic heterocycles. The standard InChI is InChI=1S/C43H80O6/c1-4-7-10-13-16-18-20-22-24-25-27-30-33-36-42(45)48-39-40(38-47-41(44)35-32-29-15-12-9-6-3)49-43(46)37-34-31-28-26-23-21-19-17-14-11-8-5-2/h18,20,40H,4-17,19,21-39H2,1-3H3/b20-18-. The first-order valence-electron chi connectivity index (χ1n) is 21.2. The Balaban J connectivity index is 4.29. The van der Waals surface area contributed by atoms with Gasteiger partial charge in [-0.05, 0) is 44.9 Å². The molecule has 0 aromatic rings. The van der Waals surface area contributed by atoms with Crippen LogP contribution >= 0.6 is 0 Å². The van der Waals surface area contributed by atoms with Gasteiger partial charge in [0, 0.05) is 19.3 Å². The lowest BCUT2D eigenvalue weighted by atomic mass is 10.0. The number of hydrogen-bond acceptors (Lipinski definition) is 6. The van der Waals surface area contributed by atoms with Crippen molar-refractivity contribution in [2.75, 3.05) is 13.2 Å². The van der Waals surface area contributed by atoms with E-state index in [0.717, 1.165) is 64.2 Å². The lowest BCUT2D eigenvalue weighted by Gasteiger charge is -2.18. The molecule has 0 saturated carbocycles. The first-order valence-corrected chi connectivity index (χ1v) is 21.2. The van der Waals surface area contributed by atoms with Crippen LogP contribution in [0.25, 0.3) is 0 Å². The predicted octanol–water partition coefficient (Wildman–Crippen LogP) is 13.1. The molecule has 0 N–H and O–H groups in total. The molecular formula is C43H80O6. The van der Waals surface area contributed by atoms with E-state index in [0.29, 0.717) is 19.3 Å². The van der Waals surface area contributed by atoms with Gasteiger partial charge in [0.05, 0.1) is 0 Å². The monoisotopic (exact) mass is 693 g/mol. The van der Waals surface area contributed by atoms with Crippen LogP contribution in [0, 0.1) is 0 Å². The van der Waals surface area contributed by atoms with Crippen molar-refractivity contribution in [3.63, 3.8) is 0 Å². The van der Waals surface area contributed by atoms with E-state index in [-0.39, 0.29) is 31.1 Å². The second-order valence-corrected chi connectivity index (χ2v) is 14.3. The van der Waals surface area contributed by atoms with Gasteiger partial charge in [0.15, 0.2) is 6.10 Å². The van der Waals surface area contributed by atoms with Gasteiger partial charge in [-0.2, -0.15) is 0 Å². The molecule has 0 aromatic carbocycles. The van der Waals surface area contributed by atoms with Crippen molar-refractivity contribution < 1.29 is 28.6 Å². The van der Waals surface area contributed by atoms with Gasteiger partial charge < -0.3 is 14.2 Å². The lowest BCUT2D eigenvalue weighted by Crippen LogP contribution is -2.30. The Morgan fingerprint density at radius 1 is 0.388 bits per heavy atom. The molecule has 49 heavy (non-hydrogen) atoms. The summed E-state index contributed by atoms with van der Waals surface area (Å²) < 4.78 is 16.6. The average molecular weight is 693 g/mol. The summed E-state index contributed by atoms with van der Waals surface area (Å²) in [5, 5.41) is 0. The van der Waals surface area contributed by atoms with Crippen LogP contribution in [0.4, 0.5) is 0 Å². The smallest absolute Gasteiger partial charge is 0.306 e. The quantitative estimate of drug-likeness (QED) is 0.0277. The molecule has 0 radical (unpaired) electrons. The Kier molecular flexibility index (Phi) is 37.5. The van der Waals surface area contributed by atoms with Crippen molar-refractivity contribution >= 4 is 17.9 Å². The van der Waals surface area contributed by atoms with Crippen molar-refractivity contribution in [1.82, 2.24) is 0 Å². The molecule has 0 aliphatic rings. The highest BCUT2D eigenvalue weighted by molar-refractivity contribution is 5.71. The van der Waals surface area contributed by atoms with Gasteiger partial charge in [-0.25, -0.2) is 0 Å². The normalized spacial score (nSPS) is 12.0. The van der Waals surface area contributed by atoms with Gasteiger partial charge in [-0.1, -0.05) is 174 Å². The number of carbonyl (C=O) groups is 3. The van der Waals surface area contributed by atoms with Gasteiger partial charge in [0.25, 0.3) is 0 Å². The predicted molar refractivity (Wildman–Crippen MR) is 206 cm³/mol. The van der Waals surface area contributed by atoms with Crippen LogP contribution in [0.3, 0.4) is 0 Å². The first-order chi connectivity index (χ1) is 24.0. The van der Waals surface area contributed by atoms with E-state index in [9.17, 15) is 14.4 Å². The van der Waals surface area contributed by atoms with Crippen molar-refractivity contribution in [3.05, 3.63) is 12.2 Å². The molecule has 0 saturated heterocycles. The highest BCUT2D eigenvalue weighted by Gasteiger charge is 2.19. The molecule has 0 bridgehead atoms. The topological polar surface area (TPSA) is 78.9 Å². The van der Waals surface area contributed by atoms with Crippen LogP contribution in [-0.4, -0.2) is 37.2 Å². The second kappa shape index (κ2) is 38.9. The number of rotatable bonds is 38. The maximum Gasteiger partial charge on any atom is 0.306 e. The van der Waals surface area contributed by atoms with Gasteiger partial charge in [-0.3, -0.25) is 14.4 Å². The zero-order valence-electron chi connectivity index (χ0n) is 32.7. The highest BCUT2D eigenvalue weighted by atomic mass is 16.6. The Labute approximate surface area is 303 Å². The van der Waals surface area contributed by atoms with Crippen molar-refractivity contribution in [2.45, 2.75) is 232 Å². The largest absolute Gasteiger partial charge is 0.462 e. The molecule has 6 nitrogen and oxygen atoms in total. The van der Waals surface area contributed by atoms with Crippen LogP contribution in [0.2, 0.25) is 0 Å². The summed E-state index contributed by atoms with van der Waals surface area (Å²) in [7, 11) is 0. The van der Waals surface area contributed by atoms with Crippen molar-refractivity contribution in [3.8, 4) is 0 Å². The van der Waals surface area contributed by atoms with Gasteiger partial charge >= 0.3 is 17.9 Å². The maximum atomic E-state index is 12.6. The fourth-order valence-corrected chi connectivity index (χ4v) is 6.02. The molecule has 0 spiro atoms. The van der Waals surface area contributed by atoms with Crippen molar-refractivity contribution in [1.29, 1.82) is 0 Å². The summed E-state index contributed by atoms with van der Waals surface area (Å²) in [5.74, 6) is -0.885. The van der Waals surface area contributed by atoms with Crippen LogP contribution in [0.15, 0.2) is 12.2 Å². The Morgan fingerprint density at radius 3 is 1.04 bits per heavy atom. The van der Waals surface area contributed by atoms with Gasteiger partial charge in [0.1, 0.15) is 13.2 Å². The average Bonchev–Trinajstić information content (AvgIpc) is 3.10. The minimum absolute atomic E-state index is 0.0701. The molecule has 0 rings (SSSR count). The Bertz CT molecular complexity index is 763. The number of esters is 3. The Morgan fingerprint density at radius 2 is 0.673 bits per heavy atom. The number of hydrogen-bond donors (Lipinski definition) is 0. The third-order valence-electron chi connectivity index (χ3n) is 9.27. The molecular weight excluding hydrogens is 612 g/mol. The molecule has 0 aromatic heterocycles. The summed E-state index contributed by atoms with van der Waals surface area (Å²) >= 11 is 0. The summed E-state index contributed by atoms with van der Waals surface area (Å²) in [4.78, 5) is 37.4. The summed E-state index contributed by atoms with van der Waals surface area (Å²) in [6.45, 7) is 6.55. The van der Waals surface area contributed by atoms with Crippen LogP contribution in [0.5, 0.6) is 0 Å². The van der Waals surface area contributed by atoms with Gasteiger partial charge in [-0.15, -0.1) is 0 Å². The molecule has 288 valence electrons. The van der Waals surface area contributed by atoms with Crippen LogP contribution in [0.1, 0.15) is 226 Å². The second-order valence-electron chi connectivity index (χ2n) is 14.3. The third-order valence-corrected chi connectivity index (χ3v) is 9.27. The van der Waals surface area contributed by atoms with Crippen LogP contribution in [-0.2, 0) is 28.6 Å². The van der Waals surface area contributed by atoms with E-state index in [2.05, 4.69) is 32.9 Å². The summed E-state index contributed by atoms with van der Waals surface area (Å²) in [6.07, 6.45) is 39.2. The van der Waals surface area contributed by atoms with Gasteiger partial charge in [0.2, 0.25) is 0 Å². The molecule has 6 heteroatoms. The fraction of sp³-hybridized carbons (Fsp3) is 0.884. The molecule has 0 aliphatic carbocycles. The molecule has 0 fully saturated rings. The Hall–Kier alpha value is -1.85. The number of carbonyl (C=O) groups excluding carboxylic acids is 3. The van der Waals surface area contributed by atoms with Crippen LogP contribution < -0.4 is 0 Å². The van der Waals surface area contributed by atoms with E-state index in [1.54, 1.807) is 0 Å². The van der Waals surface area contributed by atoms with E-state index < -0.39 is 6.10 Å². The minimum Gasteiger partial charge on any atom is -0.462 e. The maximum absolute atomic E-state index is 12.6. The van der Waals surface area contributed by atoms with Crippen molar-refractivity contribution in [2.24, 2.45) is 0 Å². The third kappa shape index (κ3) is 37.2. The number of unbranched alkanes of at least 4 members (excludes halogenated alkanes) is 25. The zero-order chi connectivity index (χ0) is 35.9.